The minimum atomic E-state index is -1.65. The number of rotatable bonds is 15. The van der Waals surface area contributed by atoms with E-state index in [0.717, 1.165) is 16.9 Å². The molecule has 6 amide bonds. The van der Waals surface area contributed by atoms with Crippen LogP contribution in [0, 0.1) is 0 Å². The molecule has 0 aliphatic carbocycles. The molecule has 19 nitrogen and oxygen atoms in total. The van der Waals surface area contributed by atoms with Crippen molar-refractivity contribution >= 4 is 67.1 Å². The Morgan fingerprint density at radius 2 is 1.58 bits per heavy atom. The lowest BCUT2D eigenvalue weighted by molar-refractivity contribution is -0.277. The van der Waals surface area contributed by atoms with Crippen molar-refractivity contribution in [1.82, 2.24) is 30.3 Å². The molecule has 21 heteroatoms. The summed E-state index contributed by atoms with van der Waals surface area (Å²) in [5.41, 5.74) is 9.21. The van der Waals surface area contributed by atoms with Crippen LogP contribution < -0.4 is 31.3 Å². The molecule has 7 rings (SSSR count). The third kappa shape index (κ3) is 11.7. The first-order valence-corrected chi connectivity index (χ1v) is 23.5. The van der Waals surface area contributed by atoms with Crippen molar-refractivity contribution in [3.8, 4) is 5.75 Å². The van der Waals surface area contributed by atoms with E-state index in [1.807, 2.05) is 36.4 Å². The number of benzene rings is 2. The molecule has 65 heavy (non-hydrogen) atoms. The Labute approximate surface area is 393 Å². The van der Waals surface area contributed by atoms with Gasteiger partial charge >= 0.3 is 12.1 Å². The number of aromatic nitrogens is 1. The van der Waals surface area contributed by atoms with Gasteiger partial charge in [-0.2, -0.15) is 0 Å². The van der Waals surface area contributed by atoms with Gasteiger partial charge in [-0.05, 0) is 112 Å². The number of nitrogens with zero attached hydrogens (tertiary/aromatic N) is 5. The van der Waals surface area contributed by atoms with Crippen molar-refractivity contribution in [2.75, 3.05) is 62.6 Å². The SMILES string of the molecule is NCCCC[C@H](NC(=O)[C@@H](Cc1cc(Br)c(O[C@H]2O[C@H](CO)[C@@H](O)[C@H](O)[C@H]2O)c(Br)c1)NC(=O)N1CCC(N2Cc3ccccc3NC2=O)CC1)C(=O)N1CCN(c2ccncc2)CC1. The highest BCUT2D eigenvalue weighted by molar-refractivity contribution is 9.11. The molecule has 7 atom stereocenters. The first-order chi connectivity index (χ1) is 31.3. The van der Waals surface area contributed by atoms with Gasteiger partial charge in [0, 0.05) is 82.0 Å². The van der Waals surface area contributed by atoms with Crippen LogP contribution >= 0.6 is 31.9 Å². The lowest BCUT2D eigenvalue weighted by Gasteiger charge is -2.40. The molecule has 0 unspecified atom stereocenters. The van der Waals surface area contributed by atoms with Gasteiger partial charge in [-0.25, -0.2) is 9.59 Å². The van der Waals surface area contributed by atoms with Crippen LogP contribution in [0.3, 0.4) is 0 Å². The minimum absolute atomic E-state index is 0.0206. The van der Waals surface area contributed by atoms with Crippen LogP contribution in [0.2, 0.25) is 0 Å². The highest BCUT2D eigenvalue weighted by Gasteiger charge is 2.45. The summed E-state index contributed by atoms with van der Waals surface area (Å²) in [6, 6.07) is 12.0. The molecule has 352 valence electrons. The monoisotopic (exact) mass is 1030 g/mol. The number of halogens is 2. The number of amides is 6. The Hall–Kier alpha value is -4.61. The number of likely N-dealkylation sites (tertiary alicyclic amines) is 1. The number of urea groups is 2. The highest BCUT2D eigenvalue weighted by Crippen LogP contribution is 2.38. The Bertz CT molecular complexity index is 2100. The number of fused-ring (bicyclic) bond motifs is 1. The van der Waals surface area contributed by atoms with Crippen LogP contribution in [-0.4, -0.2) is 165 Å². The average molecular weight is 1030 g/mol. The molecular formula is C44H57Br2N9O10. The summed E-state index contributed by atoms with van der Waals surface area (Å²) in [6.45, 7) is 3.03. The molecule has 3 saturated heterocycles. The maximum Gasteiger partial charge on any atom is 0.322 e. The zero-order chi connectivity index (χ0) is 46.2. The molecule has 0 spiro atoms. The van der Waals surface area contributed by atoms with E-state index in [9.17, 15) is 39.6 Å². The Kier molecular flexibility index (Phi) is 16.5. The van der Waals surface area contributed by atoms with Crippen molar-refractivity contribution in [2.24, 2.45) is 5.73 Å². The molecule has 1 aromatic heterocycles. The lowest BCUT2D eigenvalue weighted by Crippen LogP contribution is -2.60. The number of ether oxygens (including phenoxy) is 2. The van der Waals surface area contributed by atoms with Crippen LogP contribution in [0.25, 0.3) is 0 Å². The number of nitrogens with two attached hydrogens (primary N) is 1. The average Bonchev–Trinajstić information content (AvgIpc) is 3.32. The first-order valence-electron chi connectivity index (χ1n) is 21.9. The van der Waals surface area contributed by atoms with Crippen molar-refractivity contribution in [3.05, 3.63) is 81.0 Å². The predicted molar refractivity (Wildman–Crippen MR) is 246 cm³/mol. The summed E-state index contributed by atoms with van der Waals surface area (Å²) in [5, 5.41) is 49.8. The van der Waals surface area contributed by atoms with E-state index in [1.165, 1.54) is 0 Å². The number of anilines is 2. The zero-order valence-corrected chi connectivity index (χ0v) is 39.0. The standard InChI is InChI=1S/C44H57Br2N9O10/c45-30-21-26(22-31(46)39(30)65-42-38(59)37(58)36(57)35(25-56)64-42)23-34(51-43(62)54-15-10-29(11-16-54)55-24-27-5-1-2-6-32(27)50-44(55)63)40(60)49-33(7-3-4-12-47)41(61)53-19-17-52(18-20-53)28-8-13-48-14-9-28/h1-2,5-6,8-9,13-14,21-22,29,33-38,42,56-59H,3-4,7,10-12,15-20,23-25,47H2,(H,49,60)(H,50,63)(H,51,62)/t33-,34+,35+,36+,37-,38+,42+/m0/s1. The molecule has 2 aromatic carbocycles. The van der Waals surface area contributed by atoms with E-state index in [4.69, 9.17) is 15.2 Å². The quantitative estimate of drug-likeness (QED) is 0.101. The summed E-state index contributed by atoms with van der Waals surface area (Å²) in [7, 11) is 0. The number of piperidine rings is 1. The summed E-state index contributed by atoms with van der Waals surface area (Å²) in [5.74, 6) is -0.625. The number of unbranched alkanes of at least 4 members (excludes halogenated alkanes) is 1. The van der Waals surface area contributed by atoms with Gasteiger partial charge < -0.3 is 71.2 Å². The van der Waals surface area contributed by atoms with E-state index >= 15 is 0 Å². The van der Waals surface area contributed by atoms with Gasteiger partial charge in [-0.15, -0.1) is 0 Å². The molecular weight excluding hydrogens is 974 g/mol. The normalized spacial score (nSPS) is 23.6. The molecule has 0 saturated carbocycles. The second-order valence-corrected chi connectivity index (χ2v) is 18.4. The third-order valence-corrected chi connectivity index (χ3v) is 13.6. The number of aliphatic hydroxyl groups excluding tert-OH is 4. The molecule has 3 aromatic rings. The predicted octanol–water partition coefficient (Wildman–Crippen LogP) is 1.88. The molecule has 0 radical (unpaired) electrons. The maximum atomic E-state index is 14.5. The van der Waals surface area contributed by atoms with Crippen LogP contribution in [-0.2, 0) is 27.3 Å². The first kappa shape index (κ1) is 48.3. The summed E-state index contributed by atoms with van der Waals surface area (Å²) < 4.78 is 12.2. The number of carbonyl (C=O) groups is 4. The summed E-state index contributed by atoms with van der Waals surface area (Å²) in [4.78, 5) is 67.3. The Balaban J connectivity index is 1.07. The van der Waals surface area contributed by atoms with Gasteiger partial charge in [0.1, 0.15) is 36.5 Å². The van der Waals surface area contributed by atoms with Crippen LogP contribution in [0.4, 0.5) is 21.0 Å². The summed E-state index contributed by atoms with van der Waals surface area (Å²) in [6.07, 6.45) is -1.44. The van der Waals surface area contributed by atoms with E-state index in [1.54, 1.807) is 39.2 Å². The molecule has 0 bridgehead atoms. The van der Waals surface area contributed by atoms with Gasteiger partial charge in [0.2, 0.25) is 18.1 Å². The fourth-order valence-corrected chi connectivity index (χ4v) is 10.2. The van der Waals surface area contributed by atoms with Crippen molar-refractivity contribution < 1.29 is 49.1 Å². The van der Waals surface area contributed by atoms with Crippen molar-refractivity contribution in [2.45, 2.75) is 93.9 Å². The number of hydrogen-bond donors (Lipinski definition) is 8. The number of aliphatic hydroxyl groups is 4. The minimum Gasteiger partial charge on any atom is -0.460 e. The smallest absolute Gasteiger partial charge is 0.322 e. The fourth-order valence-electron chi connectivity index (χ4n) is 8.69. The highest BCUT2D eigenvalue weighted by atomic mass is 79.9. The maximum absolute atomic E-state index is 14.5. The van der Waals surface area contributed by atoms with Crippen molar-refractivity contribution in [3.63, 3.8) is 0 Å². The topological polar surface area (TPSA) is 256 Å². The third-order valence-electron chi connectivity index (χ3n) is 12.4. The van der Waals surface area contributed by atoms with E-state index in [0.29, 0.717) is 99.0 Å². The molecule has 3 fully saturated rings. The number of para-hydroxylation sites is 1. The second kappa shape index (κ2) is 22.3. The van der Waals surface area contributed by atoms with Crippen molar-refractivity contribution in [1.29, 1.82) is 0 Å². The van der Waals surface area contributed by atoms with E-state index < -0.39 is 61.3 Å². The lowest BCUT2D eigenvalue weighted by atomic mass is 9.99. The van der Waals surface area contributed by atoms with Gasteiger partial charge in [0.05, 0.1) is 15.6 Å². The summed E-state index contributed by atoms with van der Waals surface area (Å²) >= 11 is 7.01. The Morgan fingerprint density at radius 3 is 2.26 bits per heavy atom. The van der Waals surface area contributed by atoms with E-state index in [-0.39, 0.29) is 30.2 Å². The number of hydrogen-bond acceptors (Lipinski definition) is 13. The number of nitrogens with one attached hydrogen (secondary N) is 3. The van der Waals surface area contributed by atoms with Gasteiger partial charge in [-0.1, -0.05) is 18.2 Å². The van der Waals surface area contributed by atoms with Crippen LogP contribution in [0.1, 0.15) is 43.2 Å². The van der Waals surface area contributed by atoms with Crippen LogP contribution in [0.15, 0.2) is 69.9 Å². The molecule has 5 heterocycles. The Morgan fingerprint density at radius 1 is 0.892 bits per heavy atom. The largest absolute Gasteiger partial charge is 0.460 e. The van der Waals surface area contributed by atoms with E-state index in [2.05, 4.69) is 57.7 Å². The van der Waals surface area contributed by atoms with Gasteiger partial charge in [0.25, 0.3) is 0 Å². The number of pyridine rings is 1. The van der Waals surface area contributed by atoms with Crippen LogP contribution in [0.5, 0.6) is 5.75 Å². The van der Waals surface area contributed by atoms with Gasteiger partial charge in [0.15, 0.2) is 5.75 Å². The zero-order valence-electron chi connectivity index (χ0n) is 35.8. The fraction of sp³-hybridized carbons (Fsp3) is 0.523. The van der Waals surface area contributed by atoms with Gasteiger partial charge in [-0.3, -0.25) is 14.6 Å². The number of piperazine rings is 1. The molecule has 4 aliphatic rings. The number of carbonyl (C=O) groups excluding carboxylic acids is 4. The second-order valence-electron chi connectivity index (χ2n) is 16.7. The molecule has 9 N–H and O–H groups in total. The molecule has 4 aliphatic heterocycles.